The minimum atomic E-state index is 0.774. The Morgan fingerprint density at radius 2 is 1.70 bits per heavy atom. The summed E-state index contributed by atoms with van der Waals surface area (Å²) < 4.78 is 5.65. The van der Waals surface area contributed by atoms with Crippen molar-refractivity contribution in [2.24, 2.45) is 0 Å². The zero-order valence-corrected chi connectivity index (χ0v) is 14.1. The number of rotatable bonds is 7. The van der Waals surface area contributed by atoms with Gasteiger partial charge in [-0.15, -0.1) is 0 Å². The van der Waals surface area contributed by atoms with E-state index in [-0.39, 0.29) is 0 Å². The van der Waals surface area contributed by atoms with Gasteiger partial charge in [0.25, 0.3) is 0 Å². The van der Waals surface area contributed by atoms with Crippen molar-refractivity contribution < 1.29 is 4.74 Å². The summed E-state index contributed by atoms with van der Waals surface area (Å²) in [6, 6.07) is 12.0. The minimum Gasteiger partial charge on any atom is -0.494 e. The third-order valence-electron chi connectivity index (χ3n) is 3.60. The Morgan fingerprint density at radius 3 is 2.35 bits per heavy atom. The van der Waals surface area contributed by atoms with Crippen LogP contribution in [-0.4, -0.2) is 11.6 Å². The number of pyridine rings is 1. The molecular weight excluding hydrogens is 282 g/mol. The molecule has 2 aromatic rings. The van der Waals surface area contributed by atoms with E-state index in [1.807, 2.05) is 36.5 Å². The summed E-state index contributed by atoms with van der Waals surface area (Å²) in [6.45, 7) is 5.13. The molecule has 0 aliphatic carbocycles. The highest BCUT2D eigenvalue weighted by Gasteiger charge is 1.95. The number of ether oxygens (including phenoxy) is 1. The zero-order chi connectivity index (χ0) is 16.3. The third-order valence-corrected chi connectivity index (χ3v) is 3.60. The summed E-state index contributed by atoms with van der Waals surface area (Å²) >= 11 is 0. The predicted octanol–water partition coefficient (Wildman–Crippen LogP) is 5.00. The van der Waals surface area contributed by atoms with E-state index in [1.165, 1.54) is 18.4 Å². The van der Waals surface area contributed by atoms with E-state index >= 15 is 0 Å². The molecule has 2 rings (SSSR count). The highest BCUT2D eigenvalue weighted by Crippen LogP contribution is 2.12. The molecular formula is C21H25NO. The second-order valence-corrected chi connectivity index (χ2v) is 5.63. The number of benzene rings is 1. The fourth-order valence-electron chi connectivity index (χ4n) is 2.13. The molecule has 1 aromatic heterocycles. The monoisotopic (exact) mass is 307 g/mol. The lowest BCUT2D eigenvalue weighted by atomic mass is 10.1. The van der Waals surface area contributed by atoms with Crippen LogP contribution in [0.1, 0.15) is 56.4 Å². The Morgan fingerprint density at radius 1 is 0.913 bits per heavy atom. The maximum Gasteiger partial charge on any atom is 0.119 e. The van der Waals surface area contributed by atoms with Crippen molar-refractivity contribution >= 4 is 0 Å². The smallest absolute Gasteiger partial charge is 0.119 e. The van der Waals surface area contributed by atoms with Crippen LogP contribution < -0.4 is 4.74 Å². The van der Waals surface area contributed by atoms with Crippen LogP contribution in [-0.2, 0) is 6.42 Å². The fraction of sp³-hybridized carbons (Fsp3) is 0.381. The van der Waals surface area contributed by atoms with E-state index in [0.717, 1.165) is 42.9 Å². The molecule has 0 aliphatic rings. The summed E-state index contributed by atoms with van der Waals surface area (Å²) in [5, 5.41) is 0. The highest BCUT2D eigenvalue weighted by atomic mass is 16.5. The van der Waals surface area contributed by atoms with Crippen LogP contribution in [0.4, 0.5) is 0 Å². The van der Waals surface area contributed by atoms with Gasteiger partial charge in [0.1, 0.15) is 11.4 Å². The maximum atomic E-state index is 5.65. The zero-order valence-electron chi connectivity index (χ0n) is 14.1. The van der Waals surface area contributed by atoms with Gasteiger partial charge >= 0.3 is 0 Å². The van der Waals surface area contributed by atoms with Crippen molar-refractivity contribution in [1.82, 2.24) is 4.98 Å². The Balaban J connectivity index is 1.93. The van der Waals surface area contributed by atoms with E-state index in [4.69, 9.17) is 4.74 Å². The largest absolute Gasteiger partial charge is 0.494 e. The van der Waals surface area contributed by atoms with Gasteiger partial charge in [-0.2, -0.15) is 0 Å². The highest BCUT2D eigenvalue weighted by molar-refractivity contribution is 5.42. The molecule has 1 aromatic carbocycles. The Kier molecular flexibility index (Phi) is 7.20. The summed E-state index contributed by atoms with van der Waals surface area (Å²) in [6.07, 6.45) is 7.68. The second-order valence-electron chi connectivity index (χ2n) is 5.63. The lowest BCUT2D eigenvalue weighted by molar-refractivity contribution is 0.309. The van der Waals surface area contributed by atoms with Gasteiger partial charge in [0.15, 0.2) is 0 Å². The first-order chi connectivity index (χ1) is 11.3. The fourth-order valence-corrected chi connectivity index (χ4v) is 2.13. The maximum absolute atomic E-state index is 5.65. The van der Waals surface area contributed by atoms with Crippen molar-refractivity contribution in [2.75, 3.05) is 6.61 Å². The molecule has 0 aliphatic heterocycles. The normalized spacial score (nSPS) is 10.0. The predicted molar refractivity (Wildman–Crippen MR) is 95.7 cm³/mol. The summed E-state index contributed by atoms with van der Waals surface area (Å²) in [4.78, 5) is 4.42. The Labute approximate surface area is 139 Å². The van der Waals surface area contributed by atoms with Crippen LogP contribution >= 0.6 is 0 Å². The van der Waals surface area contributed by atoms with Gasteiger partial charge in [-0.1, -0.05) is 38.7 Å². The standard InChI is InChI=1S/C21H25NO/c1-3-5-7-19-9-13-20(22-17-19)12-8-18-10-14-21(15-11-18)23-16-6-4-2/h9-11,13-15,17H,3-7,16H2,1-2H3. The van der Waals surface area contributed by atoms with Crippen LogP contribution in [0.2, 0.25) is 0 Å². The lowest BCUT2D eigenvalue weighted by Gasteiger charge is -2.04. The average Bonchev–Trinajstić information content (AvgIpc) is 2.60. The second kappa shape index (κ2) is 9.69. The molecule has 0 spiro atoms. The number of aromatic nitrogens is 1. The molecule has 0 atom stereocenters. The van der Waals surface area contributed by atoms with Gasteiger partial charge in [0, 0.05) is 11.8 Å². The van der Waals surface area contributed by atoms with Crippen molar-refractivity contribution in [3.05, 3.63) is 59.4 Å². The van der Waals surface area contributed by atoms with Gasteiger partial charge in [-0.05, 0) is 61.1 Å². The Hall–Kier alpha value is -2.27. The van der Waals surface area contributed by atoms with Crippen LogP contribution in [0, 0.1) is 11.8 Å². The molecule has 23 heavy (non-hydrogen) atoms. The number of hydrogen-bond donors (Lipinski definition) is 0. The number of aryl methyl sites for hydroxylation is 1. The van der Waals surface area contributed by atoms with Crippen molar-refractivity contribution in [3.8, 4) is 17.6 Å². The lowest BCUT2D eigenvalue weighted by Crippen LogP contribution is -1.95. The first-order valence-corrected chi connectivity index (χ1v) is 8.51. The van der Waals surface area contributed by atoms with Crippen LogP contribution in [0.5, 0.6) is 5.75 Å². The topological polar surface area (TPSA) is 22.1 Å². The summed E-state index contributed by atoms with van der Waals surface area (Å²) in [7, 11) is 0. The van der Waals surface area contributed by atoms with Crippen LogP contribution in [0.3, 0.4) is 0 Å². The minimum absolute atomic E-state index is 0.774. The molecule has 1 heterocycles. The van der Waals surface area contributed by atoms with Crippen LogP contribution in [0.15, 0.2) is 42.6 Å². The average molecular weight is 307 g/mol. The molecule has 0 bridgehead atoms. The molecule has 0 fully saturated rings. The van der Waals surface area contributed by atoms with Gasteiger partial charge in [0.05, 0.1) is 6.61 Å². The molecule has 2 heteroatoms. The third kappa shape index (κ3) is 6.16. The summed E-state index contributed by atoms with van der Waals surface area (Å²) in [5.74, 6) is 7.17. The van der Waals surface area contributed by atoms with Crippen LogP contribution in [0.25, 0.3) is 0 Å². The molecule has 0 saturated heterocycles. The van der Waals surface area contributed by atoms with Gasteiger partial charge in [0.2, 0.25) is 0 Å². The molecule has 0 unspecified atom stereocenters. The molecule has 0 saturated carbocycles. The molecule has 0 N–H and O–H groups in total. The van der Waals surface area contributed by atoms with E-state index in [9.17, 15) is 0 Å². The number of unbranched alkanes of at least 4 members (excludes halogenated alkanes) is 2. The molecule has 120 valence electrons. The molecule has 0 radical (unpaired) electrons. The van der Waals surface area contributed by atoms with Gasteiger partial charge in [-0.3, -0.25) is 0 Å². The van der Waals surface area contributed by atoms with Crippen molar-refractivity contribution in [1.29, 1.82) is 0 Å². The molecule has 2 nitrogen and oxygen atoms in total. The first-order valence-electron chi connectivity index (χ1n) is 8.51. The van der Waals surface area contributed by atoms with Gasteiger partial charge < -0.3 is 4.74 Å². The van der Waals surface area contributed by atoms with E-state index in [2.05, 4.69) is 36.7 Å². The van der Waals surface area contributed by atoms with E-state index in [1.54, 1.807) is 0 Å². The first kappa shape index (κ1) is 17.1. The Bertz CT molecular complexity index is 632. The summed E-state index contributed by atoms with van der Waals surface area (Å²) in [5.41, 5.74) is 3.07. The SMILES string of the molecule is CCCCOc1ccc(C#Cc2ccc(CCCC)cn2)cc1. The van der Waals surface area contributed by atoms with E-state index in [0.29, 0.717) is 0 Å². The molecule has 0 amide bonds. The number of hydrogen-bond acceptors (Lipinski definition) is 2. The number of nitrogens with zero attached hydrogens (tertiary/aromatic N) is 1. The quantitative estimate of drug-likeness (QED) is 0.530. The van der Waals surface area contributed by atoms with E-state index < -0.39 is 0 Å². The van der Waals surface area contributed by atoms with Crippen molar-refractivity contribution in [3.63, 3.8) is 0 Å². The van der Waals surface area contributed by atoms with Crippen molar-refractivity contribution in [2.45, 2.75) is 46.0 Å². The van der Waals surface area contributed by atoms with Gasteiger partial charge in [-0.25, -0.2) is 4.98 Å².